The van der Waals surface area contributed by atoms with Gasteiger partial charge in [0.25, 0.3) is 5.91 Å². The number of imidazole rings is 1. The molecule has 0 fully saturated rings. The first-order chi connectivity index (χ1) is 15.7. The third-order valence-electron chi connectivity index (χ3n) is 5.30. The van der Waals surface area contributed by atoms with E-state index >= 15 is 0 Å². The molecule has 2 N–H and O–H groups in total. The number of fused-ring (bicyclic) bond motifs is 1. The van der Waals surface area contributed by atoms with Crippen molar-refractivity contribution < 1.29 is 13.2 Å². The first-order valence-electron chi connectivity index (χ1n) is 11.0. The molecule has 3 rings (SSSR count). The van der Waals surface area contributed by atoms with Gasteiger partial charge >= 0.3 is 0 Å². The zero-order chi connectivity index (χ0) is 24.2. The average molecular weight is 492 g/mol. The Morgan fingerprint density at radius 3 is 2.52 bits per heavy atom. The number of benzene rings is 2. The van der Waals surface area contributed by atoms with Crippen molar-refractivity contribution in [3.8, 4) is 0 Å². The first kappa shape index (κ1) is 25.2. The van der Waals surface area contributed by atoms with Crippen LogP contribution in [0.1, 0.15) is 38.1 Å². The highest BCUT2D eigenvalue weighted by Gasteiger charge is 2.21. The molecule has 0 saturated heterocycles. The molecule has 0 saturated carbocycles. The van der Waals surface area contributed by atoms with E-state index in [1.165, 1.54) is 18.2 Å². The van der Waals surface area contributed by atoms with Crippen LogP contribution in [0.4, 0.5) is 5.95 Å². The lowest BCUT2D eigenvalue weighted by atomic mass is 10.2. The van der Waals surface area contributed by atoms with Gasteiger partial charge in [-0.25, -0.2) is 18.1 Å². The summed E-state index contributed by atoms with van der Waals surface area (Å²) in [6.07, 6.45) is 0. The van der Waals surface area contributed by atoms with Gasteiger partial charge in [-0.2, -0.15) is 0 Å². The number of halogens is 1. The zero-order valence-electron chi connectivity index (χ0n) is 19.3. The van der Waals surface area contributed by atoms with Crippen molar-refractivity contribution >= 4 is 44.5 Å². The van der Waals surface area contributed by atoms with Crippen molar-refractivity contribution in [2.24, 2.45) is 0 Å². The highest BCUT2D eigenvalue weighted by atomic mass is 35.5. The van der Waals surface area contributed by atoms with Gasteiger partial charge < -0.3 is 9.47 Å². The molecule has 0 bridgehead atoms. The van der Waals surface area contributed by atoms with Crippen molar-refractivity contribution in [2.75, 3.05) is 25.0 Å². The average Bonchev–Trinajstić information content (AvgIpc) is 3.10. The van der Waals surface area contributed by atoms with Crippen LogP contribution in [0.15, 0.2) is 47.4 Å². The van der Waals surface area contributed by atoms with Gasteiger partial charge in [-0.3, -0.25) is 10.1 Å². The molecule has 1 heterocycles. The number of nitrogens with zero attached hydrogens (tertiary/aromatic N) is 3. The quantitative estimate of drug-likeness (QED) is 0.447. The number of amides is 1. The highest BCUT2D eigenvalue weighted by Crippen LogP contribution is 2.24. The summed E-state index contributed by atoms with van der Waals surface area (Å²) >= 11 is 6.26. The molecule has 8 nitrogen and oxygen atoms in total. The van der Waals surface area contributed by atoms with Crippen LogP contribution < -0.4 is 10.0 Å². The van der Waals surface area contributed by atoms with Gasteiger partial charge in [0.1, 0.15) is 0 Å². The van der Waals surface area contributed by atoms with Crippen LogP contribution in [0.25, 0.3) is 11.0 Å². The van der Waals surface area contributed by atoms with Gasteiger partial charge in [-0.15, -0.1) is 0 Å². The van der Waals surface area contributed by atoms with Crippen LogP contribution in [0, 0.1) is 0 Å². The maximum Gasteiger partial charge on any atom is 0.259 e. The molecule has 0 aliphatic rings. The second-order valence-corrected chi connectivity index (χ2v) is 10.1. The monoisotopic (exact) mass is 491 g/mol. The number of para-hydroxylation sites is 2. The Kier molecular flexibility index (Phi) is 8.12. The summed E-state index contributed by atoms with van der Waals surface area (Å²) in [5.74, 6) is -0.140. The number of carbonyl (C=O) groups excluding carboxylic acids is 1. The summed E-state index contributed by atoms with van der Waals surface area (Å²) in [4.78, 5) is 20.0. The van der Waals surface area contributed by atoms with Crippen LogP contribution in [-0.2, 0) is 16.6 Å². The number of aromatic nitrogens is 2. The maximum atomic E-state index is 13.1. The highest BCUT2D eigenvalue weighted by molar-refractivity contribution is 7.89. The molecule has 2 aromatic carbocycles. The van der Waals surface area contributed by atoms with E-state index in [0.717, 1.165) is 30.7 Å². The van der Waals surface area contributed by atoms with Gasteiger partial charge in [0.2, 0.25) is 16.0 Å². The van der Waals surface area contributed by atoms with Crippen LogP contribution in [-0.4, -0.2) is 54.5 Å². The number of hydrogen-bond donors (Lipinski definition) is 2. The fourth-order valence-corrected chi connectivity index (χ4v) is 5.05. The fraction of sp³-hybridized carbons (Fsp3) is 0.391. The third-order valence-corrected chi connectivity index (χ3v) is 7.28. The van der Waals surface area contributed by atoms with Crippen LogP contribution in [0.5, 0.6) is 0 Å². The number of rotatable bonds is 10. The topological polar surface area (TPSA) is 96.3 Å². The normalized spacial score (nSPS) is 12.1. The smallest absolute Gasteiger partial charge is 0.259 e. The van der Waals surface area contributed by atoms with E-state index < -0.39 is 15.9 Å². The summed E-state index contributed by atoms with van der Waals surface area (Å²) in [6, 6.07) is 11.4. The van der Waals surface area contributed by atoms with Gasteiger partial charge in [0.15, 0.2) is 0 Å². The molecule has 3 aromatic rings. The van der Waals surface area contributed by atoms with Crippen molar-refractivity contribution in [3.05, 3.63) is 53.1 Å². The minimum absolute atomic E-state index is 0.0270. The Bertz CT molecular complexity index is 1240. The predicted molar refractivity (Wildman–Crippen MR) is 132 cm³/mol. The van der Waals surface area contributed by atoms with E-state index in [0.29, 0.717) is 12.5 Å². The number of anilines is 1. The Hall–Kier alpha value is -2.46. The van der Waals surface area contributed by atoms with E-state index in [-0.39, 0.29) is 21.5 Å². The Balaban J connectivity index is 1.94. The lowest BCUT2D eigenvalue weighted by molar-refractivity contribution is 0.102. The number of likely N-dealkylation sites (N-methyl/N-ethyl adjacent to an activating group) is 1. The van der Waals surface area contributed by atoms with E-state index in [2.05, 4.69) is 33.8 Å². The predicted octanol–water partition coefficient (Wildman–Crippen LogP) is 3.97. The lowest BCUT2D eigenvalue weighted by Gasteiger charge is -2.19. The molecule has 0 unspecified atom stereocenters. The summed E-state index contributed by atoms with van der Waals surface area (Å²) < 4.78 is 29.6. The minimum atomic E-state index is -3.77. The van der Waals surface area contributed by atoms with Crippen molar-refractivity contribution in [3.63, 3.8) is 0 Å². The second kappa shape index (κ2) is 10.6. The van der Waals surface area contributed by atoms with Crippen molar-refractivity contribution in [2.45, 2.75) is 45.2 Å². The molecule has 0 radical (unpaired) electrons. The van der Waals surface area contributed by atoms with Gasteiger partial charge in [-0.1, -0.05) is 37.6 Å². The molecular formula is C23H30ClN5O3S. The van der Waals surface area contributed by atoms with Crippen LogP contribution in [0.3, 0.4) is 0 Å². The summed E-state index contributed by atoms with van der Waals surface area (Å²) in [6.45, 7) is 10.9. The largest absolute Gasteiger partial charge is 0.309 e. The molecule has 0 aliphatic carbocycles. The molecule has 1 aromatic heterocycles. The Morgan fingerprint density at radius 2 is 1.85 bits per heavy atom. The first-order valence-corrected chi connectivity index (χ1v) is 12.8. The number of sulfonamides is 1. The van der Waals surface area contributed by atoms with E-state index in [4.69, 9.17) is 11.6 Å². The van der Waals surface area contributed by atoms with Gasteiger partial charge in [-0.05, 0) is 57.3 Å². The molecule has 33 heavy (non-hydrogen) atoms. The molecule has 1 amide bonds. The van der Waals surface area contributed by atoms with Gasteiger partial charge in [0, 0.05) is 19.1 Å². The Morgan fingerprint density at radius 1 is 1.15 bits per heavy atom. The van der Waals surface area contributed by atoms with Crippen LogP contribution in [0.2, 0.25) is 5.02 Å². The Labute approximate surface area is 200 Å². The van der Waals surface area contributed by atoms with Crippen molar-refractivity contribution in [1.29, 1.82) is 0 Å². The summed E-state index contributed by atoms with van der Waals surface area (Å²) in [5, 5.41) is 2.99. The second-order valence-electron chi connectivity index (χ2n) is 7.97. The zero-order valence-corrected chi connectivity index (χ0v) is 20.9. The number of nitrogens with one attached hydrogen (secondary N) is 2. The minimum Gasteiger partial charge on any atom is -0.309 e. The van der Waals surface area contributed by atoms with Crippen LogP contribution >= 0.6 is 11.6 Å². The van der Waals surface area contributed by atoms with E-state index in [9.17, 15) is 13.2 Å². The fourth-order valence-electron chi connectivity index (χ4n) is 3.57. The standard InChI is InChI=1S/C23H30ClN5O3S/c1-5-28(6-2)13-14-29-21-10-8-7-9-20(21)25-23(29)26-22(30)18-15-17(11-12-19(18)24)33(31,32)27-16(3)4/h7-12,15-16,27H,5-6,13-14H2,1-4H3,(H,25,26,30). The third kappa shape index (κ3) is 5.92. The molecular weight excluding hydrogens is 462 g/mol. The van der Waals surface area contributed by atoms with Crippen molar-refractivity contribution in [1.82, 2.24) is 19.2 Å². The molecule has 0 spiro atoms. The number of carbonyl (C=O) groups is 1. The molecule has 0 aliphatic heterocycles. The summed E-state index contributed by atoms with van der Waals surface area (Å²) in [7, 11) is -3.77. The lowest BCUT2D eigenvalue weighted by Crippen LogP contribution is -2.30. The van der Waals surface area contributed by atoms with E-state index in [1.807, 2.05) is 28.8 Å². The van der Waals surface area contributed by atoms with E-state index in [1.54, 1.807) is 13.8 Å². The molecule has 10 heteroatoms. The number of hydrogen-bond acceptors (Lipinski definition) is 5. The maximum absolute atomic E-state index is 13.1. The SMILES string of the molecule is CCN(CC)CCn1c(NC(=O)c2cc(S(=O)(=O)NC(C)C)ccc2Cl)nc2ccccc21. The molecule has 178 valence electrons. The summed E-state index contributed by atoms with van der Waals surface area (Å²) in [5.41, 5.74) is 1.73. The molecule has 0 atom stereocenters. The van der Waals surface area contributed by atoms with Gasteiger partial charge in [0.05, 0.1) is 26.5 Å².